The van der Waals surface area contributed by atoms with Gasteiger partial charge in [-0.2, -0.15) is 5.26 Å². The van der Waals surface area contributed by atoms with Crippen LogP contribution in [0, 0.1) is 11.3 Å². The fraction of sp³-hybridized carbons (Fsp3) is 0.529. The molecule has 1 unspecified atom stereocenters. The number of hydrogen-bond acceptors (Lipinski definition) is 4. The molecule has 0 N–H and O–H groups in total. The van der Waals surface area contributed by atoms with Gasteiger partial charge in [0.1, 0.15) is 12.4 Å². The Bertz CT molecular complexity index is 565. The van der Waals surface area contributed by atoms with Gasteiger partial charge in [0.15, 0.2) is 0 Å². The highest BCUT2D eigenvalue weighted by Gasteiger charge is 2.35. The van der Waals surface area contributed by atoms with Gasteiger partial charge >= 0.3 is 0 Å². The minimum atomic E-state index is -0.0450. The van der Waals surface area contributed by atoms with Gasteiger partial charge in [-0.1, -0.05) is 6.07 Å². The molecule has 2 rings (SSSR count). The zero-order valence-electron chi connectivity index (χ0n) is 13.5. The van der Waals surface area contributed by atoms with Crippen LogP contribution in [0.2, 0.25) is 0 Å². The molecule has 0 aromatic heterocycles. The van der Waals surface area contributed by atoms with E-state index in [4.69, 9.17) is 10.00 Å². The van der Waals surface area contributed by atoms with Crippen LogP contribution in [0.15, 0.2) is 24.3 Å². The first-order chi connectivity index (χ1) is 10.5. The van der Waals surface area contributed by atoms with E-state index in [0.717, 1.165) is 13.0 Å². The lowest BCUT2D eigenvalue weighted by Crippen LogP contribution is -2.43. The molecule has 118 valence electrons. The molecule has 1 aromatic carbocycles. The Morgan fingerprint density at radius 1 is 1.50 bits per heavy atom. The Morgan fingerprint density at radius 3 is 2.91 bits per heavy atom. The molecule has 1 heterocycles. The summed E-state index contributed by atoms with van der Waals surface area (Å²) in [4.78, 5) is 16.3. The number of amides is 1. The first kappa shape index (κ1) is 16.3. The molecule has 1 atom stereocenters. The Labute approximate surface area is 132 Å². The van der Waals surface area contributed by atoms with Gasteiger partial charge in [-0.15, -0.1) is 0 Å². The fourth-order valence-electron chi connectivity index (χ4n) is 2.73. The van der Waals surface area contributed by atoms with Crippen molar-refractivity contribution in [3.05, 3.63) is 29.8 Å². The zero-order valence-corrected chi connectivity index (χ0v) is 13.5. The van der Waals surface area contributed by atoms with Crippen LogP contribution in [-0.2, 0) is 4.79 Å². The highest BCUT2D eigenvalue weighted by Crippen LogP contribution is 2.18. The molecular weight excluding hydrogens is 278 g/mol. The number of likely N-dealkylation sites (N-methyl/N-ethyl adjacent to an activating group) is 1. The second kappa shape index (κ2) is 7.28. The number of hydrogen-bond donors (Lipinski definition) is 0. The topological polar surface area (TPSA) is 56.6 Å². The monoisotopic (exact) mass is 301 g/mol. The number of ether oxygens (including phenoxy) is 1. The molecule has 1 saturated heterocycles. The van der Waals surface area contributed by atoms with E-state index < -0.39 is 0 Å². The number of rotatable bonds is 6. The lowest BCUT2D eigenvalue weighted by Gasteiger charge is -2.25. The van der Waals surface area contributed by atoms with Crippen LogP contribution in [-0.4, -0.2) is 54.5 Å². The first-order valence-electron chi connectivity index (χ1n) is 7.66. The average molecular weight is 301 g/mol. The smallest absolute Gasteiger partial charge is 0.240 e. The molecule has 0 spiro atoms. The van der Waals surface area contributed by atoms with E-state index in [1.165, 1.54) is 0 Å². The van der Waals surface area contributed by atoms with Crippen LogP contribution in [0.1, 0.15) is 25.8 Å². The lowest BCUT2D eigenvalue weighted by molar-refractivity contribution is -0.133. The average Bonchev–Trinajstić information content (AvgIpc) is 2.89. The van der Waals surface area contributed by atoms with E-state index in [1.54, 1.807) is 18.2 Å². The molecule has 1 amide bonds. The fourth-order valence-corrected chi connectivity index (χ4v) is 2.73. The normalized spacial score (nSPS) is 18.1. The van der Waals surface area contributed by atoms with Crippen molar-refractivity contribution in [3.63, 3.8) is 0 Å². The van der Waals surface area contributed by atoms with E-state index in [2.05, 4.69) is 11.0 Å². The van der Waals surface area contributed by atoms with Gasteiger partial charge < -0.3 is 9.64 Å². The molecule has 1 aliphatic heterocycles. The summed E-state index contributed by atoms with van der Waals surface area (Å²) in [5.41, 5.74) is 0.587. The summed E-state index contributed by atoms with van der Waals surface area (Å²) in [6, 6.07) is 9.42. The molecule has 5 heteroatoms. The first-order valence-corrected chi connectivity index (χ1v) is 7.66. The highest BCUT2D eigenvalue weighted by atomic mass is 16.5. The van der Waals surface area contributed by atoms with E-state index in [9.17, 15) is 4.79 Å². The second-order valence-corrected chi connectivity index (χ2v) is 5.90. The van der Waals surface area contributed by atoms with Crippen LogP contribution >= 0.6 is 0 Å². The van der Waals surface area contributed by atoms with Crippen molar-refractivity contribution in [1.29, 1.82) is 5.26 Å². The van der Waals surface area contributed by atoms with Gasteiger partial charge in [-0.3, -0.25) is 9.69 Å². The summed E-state index contributed by atoms with van der Waals surface area (Å²) < 4.78 is 5.67. The summed E-state index contributed by atoms with van der Waals surface area (Å²) >= 11 is 0. The quantitative estimate of drug-likeness (QED) is 0.805. The van der Waals surface area contributed by atoms with Crippen LogP contribution in [0.3, 0.4) is 0 Å². The Morgan fingerprint density at radius 2 is 2.27 bits per heavy atom. The predicted molar refractivity (Wildman–Crippen MR) is 84.5 cm³/mol. The minimum absolute atomic E-state index is 0.0450. The molecule has 1 aromatic rings. The number of nitriles is 1. The highest BCUT2D eigenvalue weighted by molar-refractivity contribution is 5.84. The molecule has 5 nitrogen and oxygen atoms in total. The van der Waals surface area contributed by atoms with Gasteiger partial charge in [0.05, 0.1) is 17.7 Å². The van der Waals surface area contributed by atoms with Gasteiger partial charge in [0.2, 0.25) is 5.91 Å². The third-order valence-electron chi connectivity index (χ3n) is 4.04. The summed E-state index contributed by atoms with van der Waals surface area (Å²) in [5.74, 6) is 0.901. The van der Waals surface area contributed by atoms with Crippen molar-refractivity contribution in [3.8, 4) is 11.8 Å². The Kier molecular flexibility index (Phi) is 5.40. The van der Waals surface area contributed by atoms with Crippen molar-refractivity contribution >= 4 is 5.91 Å². The van der Waals surface area contributed by atoms with Crippen molar-refractivity contribution in [2.24, 2.45) is 0 Å². The minimum Gasteiger partial charge on any atom is -0.492 e. The van der Waals surface area contributed by atoms with E-state index in [0.29, 0.717) is 24.5 Å². The van der Waals surface area contributed by atoms with Gasteiger partial charge in [-0.05, 0) is 45.5 Å². The van der Waals surface area contributed by atoms with Crippen molar-refractivity contribution in [2.45, 2.75) is 32.4 Å². The van der Waals surface area contributed by atoms with E-state index >= 15 is 0 Å². The third-order valence-corrected chi connectivity index (χ3v) is 4.04. The molecule has 1 fully saturated rings. The van der Waals surface area contributed by atoms with Crippen molar-refractivity contribution in [1.82, 2.24) is 9.80 Å². The van der Waals surface area contributed by atoms with Crippen LogP contribution < -0.4 is 4.74 Å². The molecular formula is C17H23N3O2. The van der Waals surface area contributed by atoms with Crippen LogP contribution in [0.5, 0.6) is 5.75 Å². The maximum absolute atomic E-state index is 12.3. The SMILES string of the molecule is CC(C)N1CCC(N(C)CCOc2cccc(C#N)c2)C1=O. The number of likely N-dealkylation sites (tertiary alicyclic amines) is 1. The Balaban J connectivity index is 1.82. The molecule has 0 radical (unpaired) electrons. The van der Waals surface area contributed by atoms with E-state index in [-0.39, 0.29) is 18.0 Å². The van der Waals surface area contributed by atoms with Gasteiger partial charge in [-0.25, -0.2) is 0 Å². The largest absolute Gasteiger partial charge is 0.492 e. The maximum atomic E-state index is 12.3. The zero-order chi connectivity index (χ0) is 16.1. The second-order valence-electron chi connectivity index (χ2n) is 5.90. The molecule has 22 heavy (non-hydrogen) atoms. The van der Waals surface area contributed by atoms with Gasteiger partial charge in [0.25, 0.3) is 0 Å². The Hall–Kier alpha value is -2.06. The maximum Gasteiger partial charge on any atom is 0.240 e. The number of carbonyl (C=O) groups is 1. The predicted octanol–water partition coefficient (Wildman–Crippen LogP) is 1.88. The van der Waals surface area contributed by atoms with Gasteiger partial charge in [0, 0.05) is 19.1 Å². The summed E-state index contributed by atoms with van der Waals surface area (Å²) in [6.07, 6.45) is 0.872. The molecule has 0 bridgehead atoms. The lowest BCUT2D eigenvalue weighted by atomic mass is 10.2. The van der Waals surface area contributed by atoms with Crippen LogP contribution in [0.4, 0.5) is 0 Å². The van der Waals surface area contributed by atoms with Crippen molar-refractivity contribution < 1.29 is 9.53 Å². The summed E-state index contributed by atoms with van der Waals surface area (Å²) in [5, 5.41) is 8.86. The van der Waals surface area contributed by atoms with Crippen LogP contribution in [0.25, 0.3) is 0 Å². The molecule has 0 saturated carbocycles. The summed E-state index contributed by atoms with van der Waals surface area (Å²) in [7, 11) is 1.96. The molecule has 1 aliphatic rings. The summed E-state index contributed by atoms with van der Waals surface area (Å²) in [6.45, 7) is 6.10. The number of benzene rings is 1. The third kappa shape index (κ3) is 3.77. The number of nitrogens with zero attached hydrogens (tertiary/aromatic N) is 3. The molecule has 0 aliphatic carbocycles. The van der Waals surface area contributed by atoms with E-state index in [1.807, 2.05) is 31.9 Å². The van der Waals surface area contributed by atoms with Crippen molar-refractivity contribution in [2.75, 3.05) is 26.7 Å². The number of carbonyl (C=O) groups excluding carboxylic acids is 1. The standard InChI is InChI=1S/C17H23N3O2/c1-13(2)20-8-7-16(17(20)21)19(3)9-10-22-15-6-4-5-14(11-15)12-18/h4-6,11,13,16H,7-10H2,1-3H3.